The molecule has 82 valence electrons. The highest BCUT2D eigenvalue weighted by Crippen LogP contribution is 2.42. The first-order chi connectivity index (χ1) is 7.81. The summed E-state index contributed by atoms with van der Waals surface area (Å²) in [4.78, 5) is 15.9. The maximum atomic E-state index is 11.8. The van der Waals surface area contributed by atoms with E-state index in [2.05, 4.69) is 4.98 Å². The van der Waals surface area contributed by atoms with E-state index in [4.69, 9.17) is 4.74 Å². The van der Waals surface area contributed by atoms with Crippen molar-refractivity contribution in [1.29, 1.82) is 0 Å². The zero-order valence-corrected chi connectivity index (χ0v) is 9.01. The Balaban J connectivity index is 2.27. The van der Waals surface area contributed by atoms with Crippen molar-refractivity contribution in [2.45, 2.75) is 18.8 Å². The lowest BCUT2D eigenvalue weighted by Crippen LogP contribution is -2.07. The highest BCUT2D eigenvalue weighted by molar-refractivity contribution is 5.98. The molecule has 3 rings (SSSR count). The van der Waals surface area contributed by atoms with Crippen molar-refractivity contribution in [2.75, 3.05) is 7.11 Å². The summed E-state index contributed by atoms with van der Waals surface area (Å²) in [6.45, 7) is 0. The van der Waals surface area contributed by atoms with Gasteiger partial charge >= 0.3 is 5.97 Å². The molecule has 4 heteroatoms. The van der Waals surface area contributed by atoms with Gasteiger partial charge in [-0.15, -0.1) is 0 Å². The van der Waals surface area contributed by atoms with Crippen molar-refractivity contribution in [3.63, 3.8) is 0 Å². The number of imidazole rings is 1. The Morgan fingerprint density at radius 1 is 1.56 bits per heavy atom. The van der Waals surface area contributed by atoms with Crippen LogP contribution in [0.4, 0.5) is 0 Å². The topological polar surface area (TPSA) is 43.6 Å². The molecule has 2 aromatic rings. The van der Waals surface area contributed by atoms with Gasteiger partial charge in [-0.1, -0.05) is 0 Å². The second-order valence-electron chi connectivity index (χ2n) is 4.10. The zero-order chi connectivity index (χ0) is 11.1. The van der Waals surface area contributed by atoms with E-state index in [9.17, 15) is 4.79 Å². The summed E-state index contributed by atoms with van der Waals surface area (Å²) in [5, 5.41) is 0. The Labute approximate surface area is 92.9 Å². The van der Waals surface area contributed by atoms with Gasteiger partial charge in [-0.2, -0.15) is 0 Å². The van der Waals surface area contributed by atoms with E-state index in [1.165, 1.54) is 7.11 Å². The maximum Gasteiger partial charge on any atom is 0.340 e. The Bertz CT molecular complexity index is 555. The zero-order valence-electron chi connectivity index (χ0n) is 9.01. The third kappa shape index (κ3) is 1.30. The van der Waals surface area contributed by atoms with Crippen LogP contribution in [0.15, 0.2) is 24.8 Å². The number of carbonyl (C=O) groups is 1. The SMILES string of the molecule is COC(=O)c1c(C2CC2)ccn2cncc12. The lowest BCUT2D eigenvalue weighted by Gasteiger charge is -2.08. The average molecular weight is 216 g/mol. The predicted molar refractivity (Wildman–Crippen MR) is 58.5 cm³/mol. The minimum atomic E-state index is -0.270. The van der Waals surface area contributed by atoms with Crippen LogP contribution in [0.5, 0.6) is 0 Å². The third-order valence-corrected chi connectivity index (χ3v) is 3.03. The molecule has 1 aliphatic carbocycles. The number of nitrogens with zero attached hydrogens (tertiary/aromatic N) is 2. The van der Waals surface area contributed by atoms with Crippen LogP contribution in [0.1, 0.15) is 34.7 Å². The smallest absolute Gasteiger partial charge is 0.340 e. The van der Waals surface area contributed by atoms with E-state index in [0.29, 0.717) is 11.5 Å². The van der Waals surface area contributed by atoms with Crippen molar-refractivity contribution in [3.8, 4) is 0 Å². The Morgan fingerprint density at radius 3 is 3.06 bits per heavy atom. The van der Waals surface area contributed by atoms with Crippen LogP contribution in [-0.4, -0.2) is 22.5 Å². The highest BCUT2D eigenvalue weighted by atomic mass is 16.5. The Hall–Kier alpha value is -1.84. The largest absolute Gasteiger partial charge is 0.465 e. The summed E-state index contributed by atoms with van der Waals surface area (Å²) >= 11 is 0. The van der Waals surface area contributed by atoms with Gasteiger partial charge in [0, 0.05) is 6.20 Å². The van der Waals surface area contributed by atoms with Crippen molar-refractivity contribution in [3.05, 3.63) is 35.9 Å². The summed E-state index contributed by atoms with van der Waals surface area (Å²) in [5.74, 6) is 0.252. The Kier molecular flexibility index (Phi) is 1.96. The van der Waals surface area contributed by atoms with Gasteiger partial charge in [-0.3, -0.25) is 0 Å². The minimum absolute atomic E-state index is 0.270. The van der Waals surface area contributed by atoms with E-state index in [1.54, 1.807) is 12.5 Å². The number of rotatable bonds is 2. The summed E-state index contributed by atoms with van der Waals surface area (Å²) in [6.07, 6.45) is 7.67. The van der Waals surface area contributed by atoms with Crippen molar-refractivity contribution in [1.82, 2.24) is 9.38 Å². The van der Waals surface area contributed by atoms with Gasteiger partial charge in [0.05, 0.1) is 30.7 Å². The van der Waals surface area contributed by atoms with Gasteiger partial charge in [-0.05, 0) is 30.4 Å². The molecule has 0 spiro atoms. The molecule has 0 bridgehead atoms. The molecule has 1 fully saturated rings. The van der Waals surface area contributed by atoms with Gasteiger partial charge in [0.15, 0.2) is 0 Å². The second-order valence-corrected chi connectivity index (χ2v) is 4.10. The standard InChI is InChI=1S/C12H12N2O2/c1-16-12(15)11-9(8-2-3-8)4-5-14-7-13-6-10(11)14/h4-8H,2-3H2,1H3. The molecule has 0 amide bonds. The van der Waals surface area contributed by atoms with E-state index >= 15 is 0 Å². The van der Waals surface area contributed by atoms with Crippen LogP contribution >= 0.6 is 0 Å². The lowest BCUT2D eigenvalue weighted by molar-refractivity contribution is 0.0601. The number of ether oxygens (including phenoxy) is 1. The number of esters is 1. The molecule has 0 unspecified atom stereocenters. The maximum absolute atomic E-state index is 11.8. The van der Waals surface area contributed by atoms with Crippen LogP contribution in [-0.2, 0) is 4.74 Å². The molecule has 0 aromatic carbocycles. The first-order valence-electron chi connectivity index (χ1n) is 5.34. The lowest BCUT2D eigenvalue weighted by atomic mass is 10.0. The quantitative estimate of drug-likeness (QED) is 0.721. The summed E-state index contributed by atoms with van der Waals surface area (Å²) in [5.41, 5.74) is 2.60. The molecule has 1 saturated carbocycles. The molecule has 0 N–H and O–H groups in total. The predicted octanol–water partition coefficient (Wildman–Crippen LogP) is 2.00. The molecule has 0 aliphatic heterocycles. The van der Waals surface area contributed by atoms with Gasteiger partial charge in [0.2, 0.25) is 0 Å². The normalized spacial score (nSPS) is 15.3. The fraction of sp³-hybridized carbons (Fsp3) is 0.333. The fourth-order valence-electron chi connectivity index (χ4n) is 2.07. The molecular weight excluding hydrogens is 204 g/mol. The highest BCUT2D eigenvalue weighted by Gasteiger charge is 2.29. The van der Waals surface area contributed by atoms with Crippen molar-refractivity contribution >= 4 is 11.5 Å². The molecular formula is C12H12N2O2. The fourth-order valence-corrected chi connectivity index (χ4v) is 2.07. The molecule has 1 aliphatic rings. The van der Waals surface area contributed by atoms with E-state index in [-0.39, 0.29) is 5.97 Å². The Morgan fingerprint density at radius 2 is 2.38 bits per heavy atom. The number of aromatic nitrogens is 2. The number of fused-ring (bicyclic) bond motifs is 1. The van der Waals surface area contributed by atoms with E-state index < -0.39 is 0 Å². The van der Waals surface area contributed by atoms with Crippen LogP contribution in [0.25, 0.3) is 5.52 Å². The molecule has 0 atom stereocenters. The molecule has 4 nitrogen and oxygen atoms in total. The first kappa shape index (κ1) is 9.39. The number of hydrogen-bond donors (Lipinski definition) is 0. The second kappa shape index (κ2) is 3.33. The minimum Gasteiger partial charge on any atom is -0.465 e. The van der Waals surface area contributed by atoms with Gasteiger partial charge in [-0.25, -0.2) is 9.78 Å². The van der Waals surface area contributed by atoms with Gasteiger partial charge in [0.25, 0.3) is 0 Å². The number of hydrogen-bond acceptors (Lipinski definition) is 3. The van der Waals surface area contributed by atoms with Gasteiger partial charge in [0.1, 0.15) is 0 Å². The van der Waals surface area contributed by atoms with Crippen molar-refractivity contribution < 1.29 is 9.53 Å². The summed E-state index contributed by atoms with van der Waals surface area (Å²) in [7, 11) is 1.42. The molecule has 16 heavy (non-hydrogen) atoms. The number of pyridine rings is 1. The summed E-state index contributed by atoms with van der Waals surface area (Å²) < 4.78 is 6.70. The van der Waals surface area contributed by atoms with Crippen LogP contribution in [0, 0.1) is 0 Å². The van der Waals surface area contributed by atoms with E-state index in [0.717, 1.165) is 23.9 Å². The number of carbonyl (C=O) groups excluding carboxylic acids is 1. The van der Waals surface area contributed by atoms with Crippen LogP contribution < -0.4 is 0 Å². The molecule has 2 aromatic heterocycles. The van der Waals surface area contributed by atoms with Gasteiger partial charge < -0.3 is 9.14 Å². The third-order valence-electron chi connectivity index (χ3n) is 3.03. The molecule has 0 radical (unpaired) electrons. The van der Waals surface area contributed by atoms with Crippen LogP contribution in [0.3, 0.4) is 0 Å². The summed E-state index contributed by atoms with van der Waals surface area (Å²) in [6, 6.07) is 2.00. The average Bonchev–Trinajstić information content (AvgIpc) is 3.04. The van der Waals surface area contributed by atoms with E-state index in [1.807, 2.05) is 16.7 Å². The number of methoxy groups -OCH3 is 1. The molecule has 2 heterocycles. The van der Waals surface area contributed by atoms with Crippen LogP contribution in [0.2, 0.25) is 0 Å². The molecule has 0 saturated heterocycles. The first-order valence-corrected chi connectivity index (χ1v) is 5.34. The van der Waals surface area contributed by atoms with Crippen molar-refractivity contribution in [2.24, 2.45) is 0 Å². The monoisotopic (exact) mass is 216 g/mol.